The molecule has 0 spiro atoms. The molecule has 98 valence electrons. The Morgan fingerprint density at radius 2 is 2.06 bits per heavy atom. The van der Waals surface area contributed by atoms with Crippen LogP contribution in [0.3, 0.4) is 0 Å². The number of nitrogens with one attached hydrogen (secondary N) is 1. The molecule has 0 amide bonds. The second-order valence-corrected chi connectivity index (χ2v) is 5.69. The van der Waals surface area contributed by atoms with E-state index in [1.165, 1.54) is 44.9 Å². The van der Waals surface area contributed by atoms with E-state index in [-0.39, 0.29) is 10.6 Å². The summed E-state index contributed by atoms with van der Waals surface area (Å²) in [4.78, 5) is 20.6. The summed E-state index contributed by atoms with van der Waals surface area (Å²) in [7, 11) is 0. The lowest BCUT2D eigenvalue weighted by Crippen LogP contribution is -2.36. The predicted molar refractivity (Wildman–Crippen MR) is 72.2 cm³/mol. The lowest BCUT2D eigenvalue weighted by molar-refractivity contribution is 0.429. The molecule has 18 heavy (non-hydrogen) atoms. The zero-order valence-electron chi connectivity index (χ0n) is 10.4. The van der Waals surface area contributed by atoms with Gasteiger partial charge in [0.2, 0.25) is 0 Å². The van der Waals surface area contributed by atoms with Crippen molar-refractivity contribution in [3.63, 3.8) is 0 Å². The van der Waals surface area contributed by atoms with Crippen molar-refractivity contribution in [1.82, 2.24) is 9.97 Å². The molecule has 1 aliphatic heterocycles. The largest absolute Gasteiger partial charge is 0.352 e. The summed E-state index contributed by atoms with van der Waals surface area (Å²) < 4.78 is 0. The molecule has 1 aromatic heterocycles. The molecule has 2 fully saturated rings. The summed E-state index contributed by atoms with van der Waals surface area (Å²) in [6, 6.07) is 0.527. The fraction of sp³-hybridized carbons (Fsp3) is 0.692. The fourth-order valence-corrected chi connectivity index (χ4v) is 3.67. The number of aromatic amines is 1. The van der Waals surface area contributed by atoms with Crippen molar-refractivity contribution < 1.29 is 0 Å². The molecule has 1 aliphatic carbocycles. The molecule has 2 aliphatic rings. The zero-order chi connectivity index (χ0) is 12.5. The van der Waals surface area contributed by atoms with E-state index in [0.29, 0.717) is 11.9 Å². The van der Waals surface area contributed by atoms with Gasteiger partial charge in [-0.05, 0) is 31.6 Å². The minimum atomic E-state index is -0.237. The summed E-state index contributed by atoms with van der Waals surface area (Å²) in [5.41, 5.74) is -0.237. The zero-order valence-corrected chi connectivity index (χ0v) is 11.1. The molecule has 1 unspecified atom stereocenters. The van der Waals surface area contributed by atoms with Crippen molar-refractivity contribution in [2.75, 3.05) is 11.4 Å². The molecule has 2 heterocycles. The Bertz CT molecular complexity index is 481. The molecule has 1 atom stereocenters. The van der Waals surface area contributed by atoms with E-state index in [9.17, 15) is 4.79 Å². The van der Waals surface area contributed by atoms with Crippen LogP contribution < -0.4 is 10.5 Å². The van der Waals surface area contributed by atoms with Crippen LogP contribution in [0, 0.1) is 5.92 Å². The maximum absolute atomic E-state index is 11.6. The molecule has 1 aromatic rings. The van der Waals surface area contributed by atoms with Gasteiger partial charge in [0.25, 0.3) is 5.56 Å². The van der Waals surface area contributed by atoms with Gasteiger partial charge in [0.05, 0.1) is 6.33 Å². The molecule has 1 N–H and O–H groups in total. The smallest absolute Gasteiger partial charge is 0.271 e. The Hall–Kier alpha value is -1.03. The third-order valence-electron chi connectivity index (χ3n) is 4.29. The van der Waals surface area contributed by atoms with Gasteiger partial charge in [-0.2, -0.15) is 0 Å². The van der Waals surface area contributed by atoms with Crippen molar-refractivity contribution >= 4 is 17.4 Å². The first-order valence-corrected chi connectivity index (χ1v) is 7.15. The summed E-state index contributed by atoms with van der Waals surface area (Å²) in [6.45, 7) is 0.970. The van der Waals surface area contributed by atoms with Gasteiger partial charge in [0.15, 0.2) is 5.82 Å². The van der Waals surface area contributed by atoms with Gasteiger partial charge in [-0.1, -0.05) is 24.4 Å². The van der Waals surface area contributed by atoms with Gasteiger partial charge in [0.1, 0.15) is 5.02 Å². The van der Waals surface area contributed by atoms with Crippen LogP contribution in [-0.4, -0.2) is 22.6 Å². The first-order chi connectivity index (χ1) is 8.77. The normalized spacial score (nSPS) is 24.9. The van der Waals surface area contributed by atoms with Gasteiger partial charge in [-0.3, -0.25) is 4.79 Å². The SMILES string of the molecule is O=c1[nH]cnc(N2CCCC2C2CCCC2)c1Cl. The molecule has 1 saturated heterocycles. The minimum absolute atomic E-state index is 0.237. The molecular weight excluding hydrogens is 250 g/mol. The fourth-order valence-electron chi connectivity index (χ4n) is 3.46. The average Bonchev–Trinajstić information content (AvgIpc) is 3.01. The van der Waals surface area contributed by atoms with Crippen molar-refractivity contribution in [3.8, 4) is 0 Å². The van der Waals surface area contributed by atoms with Crippen LogP contribution >= 0.6 is 11.6 Å². The topological polar surface area (TPSA) is 49.0 Å². The lowest BCUT2D eigenvalue weighted by Gasteiger charge is -2.30. The van der Waals surface area contributed by atoms with Crippen LogP contribution in [0.4, 0.5) is 5.82 Å². The van der Waals surface area contributed by atoms with Crippen molar-refractivity contribution in [2.24, 2.45) is 5.92 Å². The first-order valence-electron chi connectivity index (χ1n) is 6.77. The summed E-state index contributed by atoms with van der Waals surface area (Å²) in [5, 5.41) is 0.238. The quantitative estimate of drug-likeness (QED) is 0.896. The van der Waals surface area contributed by atoms with Gasteiger partial charge in [-0.25, -0.2) is 4.98 Å². The van der Waals surface area contributed by atoms with Gasteiger partial charge < -0.3 is 9.88 Å². The summed E-state index contributed by atoms with van der Waals surface area (Å²) in [5.74, 6) is 1.43. The van der Waals surface area contributed by atoms with E-state index >= 15 is 0 Å². The molecule has 3 rings (SSSR count). The molecule has 4 nitrogen and oxygen atoms in total. The van der Waals surface area contributed by atoms with Crippen LogP contribution in [0.15, 0.2) is 11.1 Å². The number of aromatic nitrogens is 2. The Morgan fingerprint density at radius 3 is 2.83 bits per heavy atom. The second kappa shape index (κ2) is 4.92. The highest BCUT2D eigenvalue weighted by Crippen LogP contribution is 2.38. The molecular formula is C13H18ClN3O. The maximum Gasteiger partial charge on any atom is 0.271 e. The number of hydrogen-bond acceptors (Lipinski definition) is 3. The Kier molecular flexibility index (Phi) is 3.29. The van der Waals surface area contributed by atoms with Gasteiger partial charge in [-0.15, -0.1) is 0 Å². The summed E-state index contributed by atoms with van der Waals surface area (Å²) in [6.07, 6.45) is 9.12. The van der Waals surface area contributed by atoms with E-state index in [1.54, 1.807) is 0 Å². The number of hydrogen-bond donors (Lipinski definition) is 1. The second-order valence-electron chi connectivity index (χ2n) is 5.32. The van der Waals surface area contributed by atoms with E-state index < -0.39 is 0 Å². The highest BCUT2D eigenvalue weighted by molar-refractivity contribution is 6.32. The van der Waals surface area contributed by atoms with Crippen LogP contribution in [0.25, 0.3) is 0 Å². The van der Waals surface area contributed by atoms with Crippen LogP contribution in [0.2, 0.25) is 5.02 Å². The van der Waals surface area contributed by atoms with E-state index in [2.05, 4.69) is 14.9 Å². The summed E-state index contributed by atoms with van der Waals surface area (Å²) >= 11 is 6.10. The highest BCUT2D eigenvalue weighted by Gasteiger charge is 2.35. The standard InChI is InChI=1S/C13H18ClN3O/c14-11-12(15-8-16-13(11)18)17-7-3-6-10(17)9-4-1-2-5-9/h8-10H,1-7H2,(H,15,16,18). The predicted octanol–water partition coefficient (Wildman–Crippen LogP) is 2.58. The van der Waals surface area contributed by atoms with E-state index in [0.717, 1.165) is 12.5 Å². The molecule has 5 heteroatoms. The van der Waals surface area contributed by atoms with Crippen molar-refractivity contribution in [1.29, 1.82) is 0 Å². The van der Waals surface area contributed by atoms with Crippen molar-refractivity contribution in [2.45, 2.75) is 44.6 Å². The Labute approximate surface area is 111 Å². The molecule has 0 aromatic carbocycles. The Morgan fingerprint density at radius 1 is 1.28 bits per heavy atom. The van der Waals surface area contributed by atoms with Crippen LogP contribution in [0.5, 0.6) is 0 Å². The van der Waals surface area contributed by atoms with E-state index in [4.69, 9.17) is 11.6 Å². The number of rotatable bonds is 2. The lowest BCUT2D eigenvalue weighted by atomic mass is 9.96. The maximum atomic E-state index is 11.6. The first kappa shape index (κ1) is 12.0. The van der Waals surface area contributed by atoms with Crippen LogP contribution in [-0.2, 0) is 0 Å². The Balaban J connectivity index is 1.90. The molecule has 0 radical (unpaired) electrons. The van der Waals surface area contributed by atoms with Crippen LogP contribution in [0.1, 0.15) is 38.5 Å². The molecule has 1 saturated carbocycles. The molecule has 0 bridgehead atoms. The third-order valence-corrected chi connectivity index (χ3v) is 4.63. The number of halogens is 1. The third kappa shape index (κ3) is 2.03. The highest BCUT2D eigenvalue weighted by atomic mass is 35.5. The number of nitrogens with zero attached hydrogens (tertiary/aromatic N) is 2. The number of anilines is 1. The van der Waals surface area contributed by atoms with Crippen molar-refractivity contribution in [3.05, 3.63) is 21.7 Å². The van der Waals surface area contributed by atoms with Gasteiger partial charge >= 0.3 is 0 Å². The minimum Gasteiger partial charge on any atom is -0.352 e. The monoisotopic (exact) mass is 267 g/mol. The average molecular weight is 268 g/mol. The number of H-pyrrole nitrogens is 1. The van der Waals surface area contributed by atoms with Gasteiger partial charge in [0, 0.05) is 12.6 Å². The van der Waals surface area contributed by atoms with E-state index in [1.807, 2.05) is 0 Å².